The summed E-state index contributed by atoms with van der Waals surface area (Å²) in [6, 6.07) is 2.24. The molecule has 1 atom stereocenters. The molecule has 0 aliphatic heterocycles. The fourth-order valence-electron chi connectivity index (χ4n) is 2.12. The van der Waals surface area contributed by atoms with Gasteiger partial charge in [-0.15, -0.1) is 0 Å². The number of halogens is 1. The highest BCUT2D eigenvalue weighted by Crippen LogP contribution is 2.33. The summed E-state index contributed by atoms with van der Waals surface area (Å²) in [4.78, 5) is 0.713. The normalized spacial score (nSPS) is 20.7. The standard InChI is InChI=1S/C11H15BrS/c12-11(10-3-1-2-4-10)7-9-5-6-13-8-9/h5-6,8,10-11H,1-4,7H2. The van der Waals surface area contributed by atoms with E-state index in [1.165, 1.54) is 37.7 Å². The van der Waals surface area contributed by atoms with Crippen LogP contribution in [0.3, 0.4) is 0 Å². The maximum atomic E-state index is 3.83. The van der Waals surface area contributed by atoms with E-state index in [-0.39, 0.29) is 0 Å². The van der Waals surface area contributed by atoms with E-state index >= 15 is 0 Å². The molecule has 0 nitrogen and oxygen atoms in total. The fourth-order valence-corrected chi connectivity index (χ4v) is 3.70. The van der Waals surface area contributed by atoms with Crippen LogP contribution in [0, 0.1) is 5.92 Å². The summed E-state index contributed by atoms with van der Waals surface area (Å²) in [5.74, 6) is 0.930. The molecule has 0 saturated heterocycles. The third-order valence-corrected chi connectivity index (χ3v) is 4.73. The zero-order valence-electron chi connectivity index (χ0n) is 7.71. The van der Waals surface area contributed by atoms with E-state index in [0.29, 0.717) is 4.83 Å². The molecule has 2 heteroatoms. The predicted molar refractivity (Wildman–Crippen MR) is 62.7 cm³/mol. The first-order chi connectivity index (χ1) is 6.36. The van der Waals surface area contributed by atoms with E-state index in [2.05, 4.69) is 32.8 Å². The fraction of sp³-hybridized carbons (Fsp3) is 0.636. The highest BCUT2D eigenvalue weighted by molar-refractivity contribution is 9.09. The van der Waals surface area contributed by atoms with Crippen LogP contribution < -0.4 is 0 Å². The summed E-state index contributed by atoms with van der Waals surface area (Å²) < 4.78 is 0. The van der Waals surface area contributed by atoms with Crippen LogP contribution in [-0.2, 0) is 6.42 Å². The largest absolute Gasteiger partial charge is 0.152 e. The van der Waals surface area contributed by atoms with Crippen LogP contribution in [0.25, 0.3) is 0 Å². The number of thiophene rings is 1. The van der Waals surface area contributed by atoms with Crippen molar-refractivity contribution < 1.29 is 0 Å². The molecule has 1 aliphatic rings. The van der Waals surface area contributed by atoms with Crippen molar-refractivity contribution in [3.05, 3.63) is 22.4 Å². The second-order valence-electron chi connectivity index (χ2n) is 3.90. The van der Waals surface area contributed by atoms with Crippen molar-refractivity contribution >= 4 is 27.3 Å². The predicted octanol–water partition coefficient (Wildman–Crippen LogP) is 4.24. The molecule has 1 aliphatic carbocycles. The average Bonchev–Trinajstić information content (AvgIpc) is 2.74. The Morgan fingerprint density at radius 2 is 2.23 bits per heavy atom. The lowest BCUT2D eigenvalue weighted by atomic mass is 9.99. The van der Waals surface area contributed by atoms with Gasteiger partial charge in [-0.05, 0) is 47.6 Å². The molecule has 1 aromatic heterocycles. The van der Waals surface area contributed by atoms with Crippen molar-refractivity contribution in [3.63, 3.8) is 0 Å². The van der Waals surface area contributed by atoms with E-state index in [4.69, 9.17) is 0 Å². The Kier molecular flexibility index (Phi) is 3.45. The van der Waals surface area contributed by atoms with Gasteiger partial charge in [0.15, 0.2) is 0 Å². The van der Waals surface area contributed by atoms with Crippen molar-refractivity contribution in [2.24, 2.45) is 5.92 Å². The minimum atomic E-state index is 0.713. The maximum Gasteiger partial charge on any atom is 0.0214 e. The van der Waals surface area contributed by atoms with Crippen molar-refractivity contribution in [1.29, 1.82) is 0 Å². The van der Waals surface area contributed by atoms with Gasteiger partial charge in [0.25, 0.3) is 0 Å². The molecule has 0 N–H and O–H groups in total. The number of alkyl halides is 1. The molecule has 0 spiro atoms. The first kappa shape index (κ1) is 9.72. The van der Waals surface area contributed by atoms with Crippen LogP contribution in [0.2, 0.25) is 0 Å². The second kappa shape index (κ2) is 4.61. The van der Waals surface area contributed by atoms with Gasteiger partial charge in [-0.1, -0.05) is 28.8 Å². The summed E-state index contributed by atoms with van der Waals surface area (Å²) in [7, 11) is 0. The Morgan fingerprint density at radius 3 is 2.85 bits per heavy atom. The van der Waals surface area contributed by atoms with Gasteiger partial charge in [0.05, 0.1) is 0 Å². The second-order valence-corrected chi connectivity index (χ2v) is 5.85. The van der Waals surface area contributed by atoms with Gasteiger partial charge in [0.2, 0.25) is 0 Å². The molecule has 1 aromatic rings. The van der Waals surface area contributed by atoms with Gasteiger partial charge < -0.3 is 0 Å². The minimum absolute atomic E-state index is 0.713. The van der Waals surface area contributed by atoms with Gasteiger partial charge >= 0.3 is 0 Å². The summed E-state index contributed by atoms with van der Waals surface area (Å²) in [5.41, 5.74) is 1.50. The lowest BCUT2D eigenvalue weighted by Crippen LogP contribution is -2.13. The highest BCUT2D eigenvalue weighted by Gasteiger charge is 2.22. The first-order valence-electron chi connectivity index (χ1n) is 5.01. The zero-order valence-corrected chi connectivity index (χ0v) is 10.1. The Labute approximate surface area is 92.5 Å². The third-order valence-electron chi connectivity index (χ3n) is 2.92. The van der Waals surface area contributed by atoms with Crippen LogP contribution >= 0.6 is 27.3 Å². The molecule has 0 bridgehead atoms. The summed E-state index contributed by atoms with van der Waals surface area (Å²) in [6.07, 6.45) is 6.96. The maximum absolute atomic E-state index is 3.83. The molecule has 2 rings (SSSR count). The van der Waals surface area contributed by atoms with Gasteiger partial charge in [-0.25, -0.2) is 0 Å². The molecule has 1 heterocycles. The van der Waals surface area contributed by atoms with Crippen LogP contribution in [0.1, 0.15) is 31.2 Å². The number of hydrogen-bond donors (Lipinski definition) is 0. The van der Waals surface area contributed by atoms with Crippen molar-refractivity contribution in [2.75, 3.05) is 0 Å². The van der Waals surface area contributed by atoms with Crippen molar-refractivity contribution in [3.8, 4) is 0 Å². The topological polar surface area (TPSA) is 0 Å². The van der Waals surface area contributed by atoms with E-state index in [9.17, 15) is 0 Å². The molecule has 1 fully saturated rings. The number of rotatable bonds is 3. The summed E-state index contributed by atoms with van der Waals surface area (Å²) in [5, 5.41) is 4.44. The molecule has 72 valence electrons. The van der Waals surface area contributed by atoms with Crippen molar-refractivity contribution in [2.45, 2.75) is 36.9 Å². The van der Waals surface area contributed by atoms with E-state index in [0.717, 1.165) is 5.92 Å². The average molecular weight is 259 g/mol. The molecular formula is C11H15BrS. The molecule has 1 saturated carbocycles. The van der Waals surface area contributed by atoms with Crippen molar-refractivity contribution in [1.82, 2.24) is 0 Å². The van der Waals surface area contributed by atoms with Crippen LogP contribution in [0.15, 0.2) is 16.8 Å². The quantitative estimate of drug-likeness (QED) is 0.712. The van der Waals surface area contributed by atoms with Crippen LogP contribution in [0.5, 0.6) is 0 Å². The smallest absolute Gasteiger partial charge is 0.0214 e. The molecule has 1 unspecified atom stereocenters. The first-order valence-corrected chi connectivity index (χ1v) is 6.87. The van der Waals surface area contributed by atoms with Crippen LogP contribution in [-0.4, -0.2) is 4.83 Å². The molecule has 0 radical (unpaired) electrons. The Bertz CT molecular complexity index is 237. The van der Waals surface area contributed by atoms with Gasteiger partial charge in [0, 0.05) is 4.83 Å². The highest BCUT2D eigenvalue weighted by atomic mass is 79.9. The Morgan fingerprint density at radius 1 is 1.46 bits per heavy atom. The zero-order chi connectivity index (χ0) is 9.10. The van der Waals surface area contributed by atoms with Crippen LogP contribution in [0.4, 0.5) is 0 Å². The monoisotopic (exact) mass is 258 g/mol. The minimum Gasteiger partial charge on any atom is -0.152 e. The lowest BCUT2D eigenvalue weighted by Gasteiger charge is -2.15. The molecular weight excluding hydrogens is 244 g/mol. The van der Waals surface area contributed by atoms with Gasteiger partial charge in [0.1, 0.15) is 0 Å². The summed E-state index contributed by atoms with van der Waals surface area (Å²) >= 11 is 5.63. The number of hydrogen-bond acceptors (Lipinski definition) is 1. The third kappa shape index (κ3) is 2.57. The summed E-state index contributed by atoms with van der Waals surface area (Å²) in [6.45, 7) is 0. The SMILES string of the molecule is BrC(Cc1ccsc1)C1CCCC1. The van der Waals surface area contributed by atoms with E-state index in [1.807, 2.05) is 0 Å². The molecule has 0 aromatic carbocycles. The molecule has 0 amide bonds. The van der Waals surface area contributed by atoms with E-state index < -0.39 is 0 Å². The Hall–Kier alpha value is 0.180. The lowest BCUT2D eigenvalue weighted by molar-refractivity contribution is 0.526. The van der Waals surface area contributed by atoms with E-state index in [1.54, 1.807) is 11.3 Å². The molecule has 13 heavy (non-hydrogen) atoms. The van der Waals surface area contributed by atoms with Gasteiger partial charge in [-0.3, -0.25) is 0 Å². The Balaban J connectivity index is 1.87. The van der Waals surface area contributed by atoms with Gasteiger partial charge in [-0.2, -0.15) is 11.3 Å².